The zero-order valence-corrected chi connectivity index (χ0v) is 10.5. The molecule has 1 heterocycles. The molecule has 1 aliphatic heterocycles. The van der Waals surface area contributed by atoms with Crippen LogP contribution in [-0.2, 0) is 0 Å². The molecule has 1 rings (SSSR count). The summed E-state index contributed by atoms with van der Waals surface area (Å²) in [5, 5.41) is 0. The summed E-state index contributed by atoms with van der Waals surface area (Å²) in [6, 6.07) is 1.12. The highest BCUT2D eigenvalue weighted by Gasteiger charge is 2.34. The maximum Gasteiger partial charge on any atom is 0.320 e. The smallest absolute Gasteiger partial charge is 0.320 e. The van der Waals surface area contributed by atoms with Crippen LogP contribution in [0, 0.1) is 0 Å². The SMILES string of the molecule is CCC1CCC(C)N1C(=O)N(CC)CC. The van der Waals surface area contributed by atoms with E-state index in [-0.39, 0.29) is 6.03 Å². The van der Waals surface area contributed by atoms with Gasteiger partial charge in [0.25, 0.3) is 0 Å². The van der Waals surface area contributed by atoms with Crippen molar-refractivity contribution in [2.24, 2.45) is 0 Å². The Balaban J connectivity index is 2.71. The van der Waals surface area contributed by atoms with Gasteiger partial charge in [0.1, 0.15) is 0 Å². The third-order valence-corrected chi connectivity index (χ3v) is 3.51. The maximum atomic E-state index is 12.2. The number of carbonyl (C=O) groups is 1. The number of amides is 2. The molecule has 0 aliphatic carbocycles. The highest BCUT2D eigenvalue weighted by molar-refractivity contribution is 5.75. The largest absolute Gasteiger partial charge is 0.325 e. The van der Waals surface area contributed by atoms with Gasteiger partial charge in [-0.1, -0.05) is 6.92 Å². The predicted molar refractivity (Wildman–Crippen MR) is 62.9 cm³/mol. The number of nitrogens with zero attached hydrogens (tertiary/aromatic N) is 2. The standard InChI is InChI=1S/C12H24N2O/c1-5-11-9-8-10(4)14(11)12(15)13(6-2)7-3/h10-11H,5-9H2,1-4H3. The van der Waals surface area contributed by atoms with E-state index < -0.39 is 0 Å². The summed E-state index contributed by atoms with van der Waals surface area (Å²) in [6.07, 6.45) is 3.41. The minimum Gasteiger partial charge on any atom is -0.325 e. The van der Waals surface area contributed by atoms with E-state index in [1.165, 1.54) is 6.42 Å². The third kappa shape index (κ3) is 2.44. The lowest BCUT2D eigenvalue weighted by molar-refractivity contribution is 0.137. The average molecular weight is 212 g/mol. The minimum absolute atomic E-state index is 0.233. The van der Waals surface area contributed by atoms with Crippen LogP contribution >= 0.6 is 0 Å². The molecule has 1 saturated heterocycles. The molecular weight excluding hydrogens is 188 g/mol. The van der Waals surface area contributed by atoms with Crippen molar-refractivity contribution in [2.75, 3.05) is 13.1 Å². The Hall–Kier alpha value is -0.730. The lowest BCUT2D eigenvalue weighted by atomic mass is 10.2. The predicted octanol–water partition coefficient (Wildman–Crippen LogP) is 2.71. The van der Waals surface area contributed by atoms with Crippen molar-refractivity contribution >= 4 is 6.03 Å². The summed E-state index contributed by atoms with van der Waals surface area (Å²) >= 11 is 0. The summed E-state index contributed by atoms with van der Waals surface area (Å²) in [5.74, 6) is 0. The highest BCUT2D eigenvalue weighted by atomic mass is 16.2. The Bertz CT molecular complexity index is 214. The first-order chi connectivity index (χ1) is 7.15. The summed E-state index contributed by atoms with van der Waals surface area (Å²) in [4.78, 5) is 16.3. The Morgan fingerprint density at radius 2 is 1.87 bits per heavy atom. The fourth-order valence-corrected chi connectivity index (χ4v) is 2.47. The van der Waals surface area contributed by atoms with Gasteiger partial charge in [0.15, 0.2) is 0 Å². The third-order valence-electron chi connectivity index (χ3n) is 3.51. The molecule has 0 radical (unpaired) electrons. The van der Waals surface area contributed by atoms with Crippen LogP contribution in [0.2, 0.25) is 0 Å². The van der Waals surface area contributed by atoms with E-state index in [1.807, 2.05) is 18.7 Å². The van der Waals surface area contributed by atoms with E-state index in [9.17, 15) is 4.79 Å². The molecule has 0 aromatic heterocycles. The molecule has 0 N–H and O–H groups in total. The maximum absolute atomic E-state index is 12.2. The molecule has 2 atom stereocenters. The zero-order valence-electron chi connectivity index (χ0n) is 10.5. The molecular formula is C12H24N2O. The van der Waals surface area contributed by atoms with Crippen molar-refractivity contribution in [1.29, 1.82) is 0 Å². The van der Waals surface area contributed by atoms with Crippen molar-refractivity contribution in [2.45, 2.75) is 59.0 Å². The summed E-state index contributed by atoms with van der Waals surface area (Å²) in [5.41, 5.74) is 0. The van der Waals surface area contributed by atoms with Crippen LogP contribution < -0.4 is 0 Å². The highest BCUT2D eigenvalue weighted by Crippen LogP contribution is 2.27. The van der Waals surface area contributed by atoms with Crippen LogP contribution in [0.3, 0.4) is 0 Å². The Morgan fingerprint density at radius 3 is 2.33 bits per heavy atom. The molecule has 0 saturated carbocycles. The first-order valence-corrected chi connectivity index (χ1v) is 6.22. The monoisotopic (exact) mass is 212 g/mol. The van der Waals surface area contributed by atoms with Gasteiger partial charge in [-0.2, -0.15) is 0 Å². The van der Waals surface area contributed by atoms with Crippen molar-refractivity contribution in [3.63, 3.8) is 0 Å². The molecule has 88 valence electrons. The van der Waals surface area contributed by atoms with Gasteiger partial charge in [-0.15, -0.1) is 0 Å². The van der Waals surface area contributed by atoms with Crippen LogP contribution in [0.1, 0.15) is 47.0 Å². The summed E-state index contributed by atoms with van der Waals surface area (Å²) in [7, 11) is 0. The fraction of sp³-hybridized carbons (Fsp3) is 0.917. The van der Waals surface area contributed by atoms with E-state index in [0.717, 1.165) is 25.9 Å². The van der Waals surface area contributed by atoms with Gasteiger partial charge in [0, 0.05) is 25.2 Å². The Morgan fingerprint density at radius 1 is 1.27 bits per heavy atom. The Kier molecular flexibility index (Phi) is 4.43. The normalized spacial score (nSPS) is 25.7. The first-order valence-electron chi connectivity index (χ1n) is 6.22. The van der Waals surface area contributed by atoms with Gasteiger partial charge >= 0.3 is 6.03 Å². The summed E-state index contributed by atoms with van der Waals surface area (Å²) in [6.45, 7) is 10.1. The van der Waals surface area contributed by atoms with Crippen molar-refractivity contribution in [3.05, 3.63) is 0 Å². The molecule has 3 nitrogen and oxygen atoms in total. The number of hydrogen-bond donors (Lipinski definition) is 0. The van der Waals surface area contributed by atoms with Crippen molar-refractivity contribution in [1.82, 2.24) is 9.80 Å². The number of hydrogen-bond acceptors (Lipinski definition) is 1. The number of carbonyl (C=O) groups excluding carboxylic acids is 1. The van der Waals surface area contributed by atoms with E-state index in [4.69, 9.17) is 0 Å². The summed E-state index contributed by atoms with van der Waals surface area (Å²) < 4.78 is 0. The van der Waals surface area contributed by atoms with Crippen LogP contribution in [-0.4, -0.2) is 41.0 Å². The first kappa shape index (κ1) is 12.3. The van der Waals surface area contributed by atoms with Gasteiger partial charge in [-0.05, 0) is 40.0 Å². The van der Waals surface area contributed by atoms with E-state index in [0.29, 0.717) is 12.1 Å². The van der Waals surface area contributed by atoms with Gasteiger partial charge < -0.3 is 9.80 Å². The molecule has 2 amide bonds. The molecule has 0 aromatic carbocycles. The van der Waals surface area contributed by atoms with Gasteiger partial charge in [-0.3, -0.25) is 0 Å². The molecule has 3 heteroatoms. The molecule has 15 heavy (non-hydrogen) atoms. The minimum atomic E-state index is 0.233. The van der Waals surface area contributed by atoms with Crippen molar-refractivity contribution in [3.8, 4) is 0 Å². The van der Waals surface area contributed by atoms with Crippen LogP contribution in [0.4, 0.5) is 4.79 Å². The number of urea groups is 1. The van der Waals surface area contributed by atoms with E-state index >= 15 is 0 Å². The topological polar surface area (TPSA) is 23.6 Å². The zero-order chi connectivity index (χ0) is 11.4. The van der Waals surface area contributed by atoms with Crippen LogP contribution in [0.5, 0.6) is 0 Å². The average Bonchev–Trinajstić information content (AvgIpc) is 2.61. The van der Waals surface area contributed by atoms with E-state index in [2.05, 4.69) is 18.7 Å². The van der Waals surface area contributed by atoms with Crippen molar-refractivity contribution < 1.29 is 4.79 Å². The lowest BCUT2D eigenvalue weighted by Crippen LogP contribution is -2.48. The van der Waals surface area contributed by atoms with Crippen LogP contribution in [0.15, 0.2) is 0 Å². The molecule has 0 spiro atoms. The lowest BCUT2D eigenvalue weighted by Gasteiger charge is -2.33. The molecule has 0 bridgehead atoms. The van der Waals surface area contributed by atoms with Crippen LogP contribution in [0.25, 0.3) is 0 Å². The molecule has 1 fully saturated rings. The second kappa shape index (κ2) is 5.38. The quantitative estimate of drug-likeness (QED) is 0.705. The number of rotatable bonds is 3. The van der Waals surface area contributed by atoms with Gasteiger partial charge in [0.05, 0.1) is 0 Å². The van der Waals surface area contributed by atoms with E-state index in [1.54, 1.807) is 0 Å². The Labute approximate surface area is 93.4 Å². The second-order valence-electron chi connectivity index (χ2n) is 4.35. The molecule has 2 unspecified atom stereocenters. The molecule has 0 aromatic rings. The number of likely N-dealkylation sites (tertiary alicyclic amines) is 1. The van der Waals surface area contributed by atoms with Gasteiger partial charge in [-0.25, -0.2) is 4.79 Å². The molecule has 1 aliphatic rings. The second-order valence-corrected chi connectivity index (χ2v) is 4.35. The fourth-order valence-electron chi connectivity index (χ4n) is 2.47. The van der Waals surface area contributed by atoms with Gasteiger partial charge in [0.2, 0.25) is 0 Å².